The molecule has 0 unspecified atom stereocenters. The third-order valence-corrected chi connectivity index (χ3v) is 6.16. The molecule has 0 aliphatic rings. The van der Waals surface area contributed by atoms with Gasteiger partial charge in [-0.25, -0.2) is 9.97 Å². The van der Waals surface area contributed by atoms with Gasteiger partial charge < -0.3 is 4.74 Å². The van der Waals surface area contributed by atoms with Crippen LogP contribution in [0.25, 0.3) is 11.4 Å². The highest BCUT2D eigenvalue weighted by Gasteiger charge is 2.04. The van der Waals surface area contributed by atoms with E-state index < -0.39 is 0 Å². The molecule has 3 heteroatoms. The highest BCUT2D eigenvalue weighted by atomic mass is 16.5. The minimum absolute atomic E-state index is 0.533. The predicted molar refractivity (Wildman–Crippen MR) is 139 cm³/mol. The third-order valence-electron chi connectivity index (χ3n) is 6.16. The van der Waals surface area contributed by atoms with E-state index in [2.05, 4.69) is 72.3 Å². The molecule has 0 bridgehead atoms. The second-order valence-corrected chi connectivity index (χ2v) is 9.02. The van der Waals surface area contributed by atoms with E-state index in [9.17, 15) is 0 Å². The number of aryl methyl sites for hydroxylation is 2. The average molecular weight is 445 g/mol. The standard InChI is InChI=1S/C30H40N2O/c1-3-5-7-8-9-11-13-26-18-20-28(21-19-26)30-31-22-29(23-32-30)33-24-27-16-14-25(15-17-27)12-10-6-4-2/h14-23H,3-13,24H2,1-2H3. The minimum atomic E-state index is 0.533. The molecule has 1 aromatic heterocycles. The molecule has 0 radical (unpaired) electrons. The van der Waals surface area contributed by atoms with E-state index in [-0.39, 0.29) is 0 Å². The van der Waals surface area contributed by atoms with E-state index in [4.69, 9.17) is 4.74 Å². The van der Waals surface area contributed by atoms with Crippen molar-refractivity contribution in [2.75, 3.05) is 0 Å². The molecule has 0 saturated carbocycles. The van der Waals surface area contributed by atoms with Crippen LogP contribution in [0.1, 0.15) is 88.3 Å². The van der Waals surface area contributed by atoms with E-state index >= 15 is 0 Å². The smallest absolute Gasteiger partial charge is 0.159 e. The fourth-order valence-corrected chi connectivity index (χ4v) is 4.02. The normalized spacial score (nSPS) is 11.0. The van der Waals surface area contributed by atoms with Crippen LogP contribution in [0.2, 0.25) is 0 Å². The number of hydrogen-bond donors (Lipinski definition) is 0. The number of ether oxygens (including phenoxy) is 1. The summed E-state index contributed by atoms with van der Waals surface area (Å²) in [7, 11) is 0. The van der Waals surface area contributed by atoms with Crippen molar-refractivity contribution in [1.82, 2.24) is 9.97 Å². The molecular formula is C30H40N2O. The molecule has 176 valence electrons. The van der Waals surface area contributed by atoms with Crippen molar-refractivity contribution in [3.05, 3.63) is 77.6 Å². The molecular weight excluding hydrogens is 404 g/mol. The van der Waals surface area contributed by atoms with E-state index in [0.29, 0.717) is 12.4 Å². The van der Waals surface area contributed by atoms with Gasteiger partial charge in [-0.15, -0.1) is 0 Å². The highest BCUT2D eigenvalue weighted by Crippen LogP contribution is 2.19. The molecule has 0 N–H and O–H groups in total. The first kappa shape index (κ1) is 25.0. The van der Waals surface area contributed by atoms with Crippen LogP contribution in [0.4, 0.5) is 0 Å². The maximum absolute atomic E-state index is 5.89. The number of aromatic nitrogens is 2. The molecule has 0 atom stereocenters. The van der Waals surface area contributed by atoms with Crippen LogP contribution in [0.5, 0.6) is 5.75 Å². The second kappa shape index (κ2) is 14.5. The first-order chi connectivity index (χ1) is 16.3. The Hall–Kier alpha value is -2.68. The molecule has 2 aromatic carbocycles. The van der Waals surface area contributed by atoms with E-state index in [0.717, 1.165) is 24.2 Å². The van der Waals surface area contributed by atoms with Gasteiger partial charge in [0, 0.05) is 5.56 Å². The van der Waals surface area contributed by atoms with Crippen LogP contribution >= 0.6 is 0 Å². The second-order valence-electron chi connectivity index (χ2n) is 9.02. The molecule has 0 amide bonds. The summed E-state index contributed by atoms with van der Waals surface area (Å²) in [5.74, 6) is 1.44. The molecule has 1 heterocycles. The van der Waals surface area contributed by atoms with Crippen molar-refractivity contribution in [1.29, 1.82) is 0 Å². The number of rotatable bonds is 15. The molecule has 0 saturated heterocycles. The van der Waals surface area contributed by atoms with Gasteiger partial charge in [0.2, 0.25) is 0 Å². The molecule has 0 aliphatic carbocycles. The Morgan fingerprint density at radius 1 is 0.576 bits per heavy atom. The Bertz CT molecular complexity index is 902. The monoisotopic (exact) mass is 444 g/mol. The van der Waals surface area contributed by atoms with Crippen LogP contribution in [-0.4, -0.2) is 9.97 Å². The average Bonchev–Trinajstić information content (AvgIpc) is 2.86. The first-order valence-corrected chi connectivity index (χ1v) is 12.9. The molecule has 3 nitrogen and oxygen atoms in total. The molecule has 0 fully saturated rings. The van der Waals surface area contributed by atoms with Crippen molar-refractivity contribution in [3.8, 4) is 17.1 Å². The van der Waals surface area contributed by atoms with Gasteiger partial charge in [-0.1, -0.05) is 107 Å². The number of nitrogens with zero attached hydrogens (tertiary/aromatic N) is 2. The minimum Gasteiger partial charge on any atom is -0.486 e. The summed E-state index contributed by atoms with van der Waals surface area (Å²) in [5.41, 5.74) is 5.01. The topological polar surface area (TPSA) is 35.0 Å². The lowest BCUT2D eigenvalue weighted by Crippen LogP contribution is -1.98. The van der Waals surface area contributed by atoms with Crippen LogP contribution < -0.4 is 4.74 Å². The summed E-state index contributed by atoms with van der Waals surface area (Å²) in [6.45, 7) is 5.04. The van der Waals surface area contributed by atoms with Crippen LogP contribution in [-0.2, 0) is 19.4 Å². The maximum atomic E-state index is 5.89. The van der Waals surface area contributed by atoms with Crippen molar-refractivity contribution in [2.45, 2.75) is 91.1 Å². The van der Waals surface area contributed by atoms with Crippen molar-refractivity contribution >= 4 is 0 Å². The summed E-state index contributed by atoms with van der Waals surface area (Å²) >= 11 is 0. The molecule has 3 rings (SSSR count). The zero-order chi connectivity index (χ0) is 23.1. The largest absolute Gasteiger partial charge is 0.486 e. The molecule has 3 aromatic rings. The number of hydrogen-bond acceptors (Lipinski definition) is 3. The summed E-state index contributed by atoms with van der Waals surface area (Å²) in [5, 5.41) is 0. The van der Waals surface area contributed by atoms with Gasteiger partial charge in [-0.3, -0.25) is 0 Å². The van der Waals surface area contributed by atoms with Gasteiger partial charge in [-0.2, -0.15) is 0 Å². The highest BCUT2D eigenvalue weighted by molar-refractivity contribution is 5.55. The van der Waals surface area contributed by atoms with E-state index in [1.807, 2.05) is 0 Å². The quantitative estimate of drug-likeness (QED) is 0.221. The van der Waals surface area contributed by atoms with Gasteiger partial charge in [0.05, 0.1) is 12.4 Å². The summed E-state index contributed by atoms with van der Waals surface area (Å²) in [4.78, 5) is 9.03. The van der Waals surface area contributed by atoms with Crippen LogP contribution in [0.3, 0.4) is 0 Å². The summed E-state index contributed by atoms with van der Waals surface area (Å²) in [6.07, 6.45) is 17.7. The summed E-state index contributed by atoms with van der Waals surface area (Å²) < 4.78 is 5.89. The fourth-order valence-electron chi connectivity index (χ4n) is 4.02. The molecule has 0 aliphatic heterocycles. The van der Waals surface area contributed by atoms with Gasteiger partial charge in [0.15, 0.2) is 11.6 Å². The first-order valence-electron chi connectivity index (χ1n) is 12.9. The van der Waals surface area contributed by atoms with Crippen molar-refractivity contribution in [3.63, 3.8) is 0 Å². The van der Waals surface area contributed by atoms with Crippen molar-refractivity contribution in [2.24, 2.45) is 0 Å². The van der Waals surface area contributed by atoms with E-state index in [1.165, 1.54) is 74.5 Å². The number of unbranched alkanes of at least 4 members (excludes halogenated alkanes) is 7. The lowest BCUT2D eigenvalue weighted by molar-refractivity contribution is 0.303. The maximum Gasteiger partial charge on any atom is 0.159 e. The Kier molecular flexibility index (Phi) is 10.9. The molecule has 0 spiro atoms. The Balaban J connectivity index is 1.43. The summed E-state index contributed by atoms with van der Waals surface area (Å²) in [6, 6.07) is 17.4. The van der Waals surface area contributed by atoms with Gasteiger partial charge in [-0.05, 0) is 42.4 Å². The lowest BCUT2D eigenvalue weighted by atomic mass is 10.0. The van der Waals surface area contributed by atoms with Crippen LogP contribution in [0, 0.1) is 0 Å². The van der Waals surface area contributed by atoms with Crippen molar-refractivity contribution < 1.29 is 4.74 Å². The number of benzene rings is 2. The van der Waals surface area contributed by atoms with Crippen LogP contribution in [0.15, 0.2) is 60.9 Å². The van der Waals surface area contributed by atoms with Gasteiger partial charge >= 0.3 is 0 Å². The Morgan fingerprint density at radius 2 is 1.06 bits per heavy atom. The van der Waals surface area contributed by atoms with Gasteiger partial charge in [0.1, 0.15) is 6.61 Å². The van der Waals surface area contributed by atoms with E-state index in [1.54, 1.807) is 12.4 Å². The predicted octanol–water partition coefficient (Wildman–Crippen LogP) is 8.36. The Morgan fingerprint density at radius 3 is 1.70 bits per heavy atom. The molecule has 33 heavy (non-hydrogen) atoms. The third kappa shape index (κ3) is 9.00. The van der Waals surface area contributed by atoms with Gasteiger partial charge in [0.25, 0.3) is 0 Å². The zero-order valence-corrected chi connectivity index (χ0v) is 20.6. The lowest BCUT2D eigenvalue weighted by Gasteiger charge is -2.08. The Labute approximate surface area is 200 Å². The fraction of sp³-hybridized carbons (Fsp3) is 0.467. The zero-order valence-electron chi connectivity index (χ0n) is 20.6. The SMILES string of the molecule is CCCCCCCCc1ccc(-c2ncc(OCc3ccc(CCCCC)cc3)cn2)cc1.